The summed E-state index contributed by atoms with van der Waals surface area (Å²) in [6.45, 7) is 0. The van der Waals surface area contributed by atoms with Crippen LogP contribution in [-0.2, 0) is 20.7 Å². The summed E-state index contributed by atoms with van der Waals surface area (Å²) < 4.78 is 4.84. The maximum Gasteiger partial charge on any atom is 0.328 e. The molecule has 0 aromatic heterocycles. The first-order chi connectivity index (χ1) is 14.5. The van der Waals surface area contributed by atoms with Crippen molar-refractivity contribution in [3.8, 4) is 0 Å². The van der Waals surface area contributed by atoms with E-state index in [2.05, 4.69) is 5.32 Å². The number of thioether (sulfide) groups is 2. The van der Waals surface area contributed by atoms with Crippen LogP contribution in [0.1, 0.15) is 22.3 Å². The molecular formula is C23H27NO4S2. The average Bonchev–Trinajstić information content (AvgIpc) is 2.79. The summed E-state index contributed by atoms with van der Waals surface area (Å²) >= 11 is 2.72. The molecule has 1 amide bonds. The van der Waals surface area contributed by atoms with Gasteiger partial charge in [0.2, 0.25) is 11.0 Å². The van der Waals surface area contributed by atoms with Gasteiger partial charge in [-0.1, -0.05) is 72.4 Å². The zero-order valence-corrected chi connectivity index (χ0v) is 18.8. The molecule has 2 aromatic rings. The van der Waals surface area contributed by atoms with E-state index >= 15 is 0 Å². The lowest BCUT2D eigenvalue weighted by atomic mass is 9.99. The van der Waals surface area contributed by atoms with Gasteiger partial charge in [-0.25, -0.2) is 4.79 Å². The zero-order chi connectivity index (χ0) is 21.8. The first-order valence-electron chi connectivity index (χ1n) is 9.68. The van der Waals surface area contributed by atoms with Crippen LogP contribution in [0.25, 0.3) is 0 Å². The van der Waals surface area contributed by atoms with E-state index in [1.807, 2.05) is 54.8 Å². The van der Waals surface area contributed by atoms with Gasteiger partial charge in [0.25, 0.3) is 0 Å². The number of benzene rings is 2. The van der Waals surface area contributed by atoms with Gasteiger partial charge in [0.1, 0.15) is 6.04 Å². The summed E-state index contributed by atoms with van der Waals surface area (Å²) in [4.78, 5) is 37.6. The topological polar surface area (TPSA) is 72.5 Å². The van der Waals surface area contributed by atoms with E-state index in [0.717, 1.165) is 23.1 Å². The van der Waals surface area contributed by atoms with Crippen molar-refractivity contribution in [2.45, 2.75) is 18.9 Å². The van der Waals surface area contributed by atoms with Crippen molar-refractivity contribution in [2.75, 3.05) is 24.9 Å². The Labute approximate surface area is 186 Å². The average molecular weight is 446 g/mol. The highest BCUT2D eigenvalue weighted by molar-refractivity contribution is 8.14. The summed E-state index contributed by atoms with van der Waals surface area (Å²) in [5.41, 5.74) is 1.61. The highest BCUT2D eigenvalue weighted by Crippen LogP contribution is 2.20. The Morgan fingerprint density at radius 1 is 1.00 bits per heavy atom. The van der Waals surface area contributed by atoms with Gasteiger partial charge < -0.3 is 10.1 Å². The van der Waals surface area contributed by atoms with Crippen molar-refractivity contribution >= 4 is 40.5 Å². The highest BCUT2D eigenvalue weighted by atomic mass is 32.2. The van der Waals surface area contributed by atoms with Crippen molar-refractivity contribution in [1.82, 2.24) is 5.32 Å². The Morgan fingerprint density at radius 2 is 1.63 bits per heavy atom. The van der Waals surface area contributed by atoms with Crippen LogP contribution in [-0.4, -0.2) is 47.9 Å². The second-order valence-corrected chi connectivity index (χ2v) is 8.70. The molecule has 2 rings (SSSR count). The first kappa shape index (κ1) is 24.0. The second kappa shape index (κ2) is 13.1. The van der Waals surface area contributed by atoms with Crippen molar-refractivity contribution in [3.63, 3.8) is 0 Å². The molecule has 0 saturated carbocycles. The largest absolute Gasteiger partial charge is 0.467 e. The number of methoxy groups -OCH3 is 1. The molecule has 5 nitrogen and oxygen atoms in total. The number of hydrogen-bond donors (Lipinski definition) is 1. The molecular weight excluding hydrogens is 418 g/mol. The predicted octanol–water partition coefficient (Wildman–Crippen LogP) is 3.83. The maximum absolute atomic E-state index is 13.0. The third kappa shape index (κ3) is 7.88. The van der Waals surface area contributed by atoms with E-state index in [1.54, 1.807) is 23.9 Å². The molecule has 0 saturated heterocycles. The number of nitrogens with one attached hydrogen (secondary N) is 1. The quantitative estimate of drug-likeness (QED) is 0.530. The van der Waals surface area contributed by atoms with Crippen LogP contribution in [0.2, 0.25) is 0 Å². The van der Waals surface area contributed by atoms with Crippen LogP contribution in [0, 0.1) is 5.92 Å². The molecule has 0 aliphatic heterocycles. The van der Waals surface area contributed by atoms with Gasteiger partial charge in [0.05, 0.1) is 13.0 Å². The molecule has 7 heteroatoms. The van der Waals surface area contributed by atoms with Crippen LogP contribution in [0.15, 0.2) is 60.7 Å². The number of esters is 1. The van der Waals surface area contributed by atoms with Crippen molar-refractivity contribution in [1.29, 1.82) is 0 Å². The number of amides is 1. The van der Waals surface area contributed by atoms with Gasteiger partial charge in [-0.05, 0) is 30.4 Å². The van der Waals surface area contributed by atoms with Crippen LogP contribution >= 0.6 is 23.5 Å². The fourth-order valence-electron chi connectivity index (χ4n) is 2.88. The van der Waals surface area contributed by atoms with Crippen molar-refractivity contribution in [3.05, 3.63) is 71.8 Å². The molecule has 0 bridgehead atoms. The summed E-state index contributed by atoms with van der Waals surface area (Å²) in [6, 6.07) is 18.0. The van der Waals surface area contributed by atoms with Crippen LogP contribution in [0.3, 0.4) is 0 Å². The summed E-state index contributed by atoms with van der Waals surface area (Å²) in [7, 11) is 1.32. The summed E-state index contributed by atoms with van der Waals surface area (Å²) in [6.07, 6.45) is 2.92. The Hall–Kier alpha value is -2.25. The molecule has 0 heterocycles. The van der Waals surface area contributed by atoms with Gasteiger partial charge in [0.15, 0.2) is 0 Å². The maximum atomic E-state index is 13.0. The van der Waals surface area contributed by atoms with Gasteiger partial charge in [-0.2, -0.15) is 11.8 Å². The number of carbonyl (C=O) groups is 3. The molecule has 1 N–H and O–H groups in total. The lowest BCUT2D eigenvalue weighted by Crippen LogP contribution is -2.45. The van der Waals surface area contributed by atoms with Crippen molar-refractivity contribution in [2.24, 2.45) is 5.92 Å². The molecule has 0 radical (unpaired) electrons. The molecule has 160 valence electrons. The number of hydrogen-bond acceptors (Lipinski definition) is 6. The van der Waals surface area contributed by atoms with E-state index in [0.29, 0.717) is 24.2 Å². The standard InChI is InChI=1S/C23H27NO4S2/c1-28-22(26)20(13-14-29-2)24-21(25)19(15-17-9-5-3-6-10-17)16-30-23(27)18-11-7-4-8-12-18/h3-12,19-20H,13-16H2,1-2H3,(H,24,25)/t19-,20-/m0/s1. The van der Waals surface area contributed by atoms with Crippen LogP contribution < -0.4 is 5.32 Å². The fourth-order valence-corrected chi connectivity index (χ4v) is 4.27. The smallest absolute Gasteiger partial charge is 0.328 e. The van der Waals surface area contributed by atoms with Crippen molar-refractivity contribution < 1.29 is 19.1 Å². The lowest BCUT2D eigenvalue weighted by molar-refractivity contribution is -0.145. The minimum absolute atomic E-state index is 0.0756. The number of carbonyl (C=O) groups excluding carboxylic acids is 3. The first-order valence-corrected chi connectivity index (χ1v) is 12.1. The molecule has 2 aromatic carbocycles. The third-order valence-electron chi connectivity index (χ3n) is 4.53. The van der Waals surface area contributed by atoms with Crippen LogP contribution in [0.4, 0.5) is 0 Å². The molecule has 0 spiro atoms. The van der Waals surface area contributed by atoms with Gasteiger partial charge in [-0.15, -0.1) is 0 Å². The van der Waals surface area contributed by atoms with Gasteiger partial charge in [-0.3, -0.25) is 9.59 Å². The molecule has 0 aliphatic rings. The van der Waals surface area contributed by atoms with Gasteiger partial charge >= 0.3 is 5.97 Å². The van der Waals surface area contributed by atoms with Crippen LogP contribution in [0.5, 0.6) is 0 Å². The second-order valence-electron chi connectivity index (χ2n) is 6.72. The summed E-state index contributed by atoms with van der Waals surface area (Å²) in [5, 5.41) is 2.76. The predicted molar refractivity (Wildman–Crippen MR) is 124 cm³/mol. The van der Waals surface area contributed by atoms with Gasteiger partial charge in [0, 0.05) is 11.3 Å². The minimum atomic E-state index is -0.692. The fraction of sp³-hybridized carbons (Fsp3) is 0.348. The summed E-state index contributed by atoms with van der Waals surface area (Å²) in [5.74, 6) is -0.103. The number of ether oxygens (including phenoxy) is 1. The number of rotatable bonds is 11. The van der Waals surface area contributed by atoms with E-state index < -0.39 is 17.9 Å². The molecule has 0 fully saturated rings. The normalized spacial score (nSPS) is 12.6. The Bertz CT molecular complexity index is 814. The monoisotopic (exact) mass is 445 g/mol. The molecule has 30 heavy (non-hydrogen) atoms. The molecule has 2 atom stereocenters. The Morgan fingerprint density at radius 3 is 2.23 bits per heavy atom. The minimum Gasteiger partial charge on any atom is -0.467 e. The Kier molecular flexibility index (Phi) is 10.5. The highest BCUT2D eigenvalue weighted by Gasteiger charge is 2.27. The SMILES string of the molecule is COC(=O)[C@H](CCSC)NC(=O)[C@H](CSC(=O)c1ccccc1)Cc1ccccc1. The molecule has 0 unspecified atom stereocenters. The lowest BCUT2D eigenvalue weighted by Gasteiger charge is -2.21. The molecule has 0 aliphatic carbocycles. The van der Waals surface area contributed by atoms with E-state index in [9.17, 15) is 14.4 Å². The van der Waals surface area contributed by atoms with E-state index in [1.165, 1.54) is 7.11 Å². The van der Waals surface area contributed by atoms with E-state index in [4.69, 9.17) is 4.74 Å². The zero-order valence-electron chi connectivity index (χ0n) is 17.2. The Balaban J connectivity index is 2.09. The third-order valence-corrected chi connectivity index (χ3v) is 6.24. The van der Waals surface area contributed by atoms with E-state index in [-0.39, 0.29) is 11.0 Å².